The molecule has 3 aromatic rings. The first-order valence-electron chi connectivity index (χ1n) is 7.23. The van der Waals surface area contributed by atoms with E-state index in [1.54, 1.807) is 18.0 Å². The molecule has 0 aliphatic carbocycles. The molecular weight excluding hydrogens is 366 g/mol. The molecule has 0 aliphatic heterocycles. The maximum Gasteiger partial charge on any atom is 0.307 e. The van der Waals surface area contributed by atoms with E-state index in [9.17, 15) is 4.79 Å². The summed E-state index contributed by atoms with van der Waals surface area (Å²) in [6.45, 7) is 0.182. The Morgan fingerprint density at radius 2 is 2.12 bits per heavy atom. The molecule has 7 heteroatoms. The molecule has 0 amide bonds. The second-order valence-corrected chi connectivity index (χ2v) is 7.30. The van der Waals surface area contributed by atoms with Crippen molar-refractivity contribution < 1.29 is 13.9 Å². The van der Waals surface area contributed by atoms with Crippen LogP contribution in [-0.4, -0.2) is 16.7 Å². The lowest BCUT2D eigenvalue weighted by Gasteiger charge is -2.03. The van der Waals surface area contributed by atoms with Crippen molar-refractivity contribution in [2.75, 3.05) is 5.75 Å². The molecular formula is C17H14ClNO3S2. The van der Waals surface area contributed by atoms with Gasteiger partial charge >= 0.3 is 5.97 Å². The summed E-state index contributed by atoms with van der Waals surface area (Å²) in [4.78, 5) is 17.3. The Bertz CT molecular complexity index is 785. The van der Waals surface area contributed by atoms with Crippen molar-refractivity contribution in [1.82, 2.24) is 4.98 Å². The Morgan fingerprint density at radius 1 is 1.29 bits per heavy atom. The molecule has 3 rings (SSSR count). The third-order valence-corrected chi connectivity index (χ3v) is 5.22. The number of furan rings is 1. The van der Waals surface area contributed by atoms with Crippen LogP contribution in [-0.2, 0) is 16.1 Å². The van der Waals surface area contributed by atoms with Gasteiger partial charge in [0.05, 0.1) is 18.4 Å². The number of aromatic nitrogens is 1. The molecule has 24 heavy (non-hydrogen) atoms. The van der Waals surface area contributed by atoms with Crippen molar-refractivity contribution in [3.8, 4) is 10.8 Å². The number of esters is 1. The maximum atomic E-state index is 11.8. The van der Waals surface area contributed by atoms with Gasteiger partial charge in [-0.2, -0.15) is 0 Å². The average Bonchev–Trinajstić information content (AvgIpc) is 3.26. The Morgan fingerprint density at radius 3 is 2.88 bits per heavy atom. The lowest BCUT2D eigenvalue weighted by atomic mass is 10.4. The quantitative estimate of drug-likeness (QED) is 0.412. The number of nitrogens with zero attached hydrogens (tertiary/aromatic N) is 1. The molecule has 0 radical (unpaired) electrons. The summed E-state index contributed by atoms with van der Waals surface area (Å²) in [5.74, 6) is 1.15. The second-order valence-electron chi connectivity index (χ2n) is 4.83. The Labute approximate surface area is 152 Å². The number of carbonyl (C=O) groups is 1. The van der Waals surface area contributed by atoms with E-state index in [4.69, 9.17) is 20.8 Å². The zero-order valence-corrected chi connectivity index (χ0v) is 15.0. The number of rotatable bonds is 7. The van der Waals surface area contributed by atoms with Gasteiger partial charge in [0.25, 0.3) is 0 Å². The van der Waals surface area contributed by atoms with Crippen LogP contribution in [0, 0.1) is 0 Å². The number of hydrogen-bond acceptors (Lipinski definition) is 6. The van der Waals surface area contributed by atoms with E-state index in [0.717, 1.165) is 21.4 Å². The highest BCUT2D eigenvalue weighted by atomic mass is 35.5. The molecule has 2 heterocycles. The summed E-state index contributed by atoms with van der Waals surface area (Å²) < 4.78 is 10.5. The Hall–Kier alpha value is -1.76. The van der Waals surface area contributed by atoms with Crippen LogP contribution in [0.2, 0.25) is 5.02 Å². The van der Waals surface area contributed by atoms with Crippen molar-refractivity contribution >= 4 is 40.7 Å². The Kier molecular flexibility index (Phi) is 5.96. The van der Waals surface area contributed by atoms with Gasteiger partial charge in [-0.3, -0.25) is 4.79 Å². The summed E-state index contributed by atoms with van der Waals surface area (Å²) in [6, 6.07) is 11.2. The van der Waals surface area contributed by atoms with E-state index in [1.165, 1.54) is 11.3 Å². The predicted molar refractivity (Wildman–Crippen MR) is 96.4 cm³/mol. The molecule has 0 unspecified atom stereocenters. The molecule has 0 N–H and O–H groups in total. The zero-order valence-electron chi connectivity index (χ0n) is 12.6. The van der Waals surface area contributed by atoms with Crippen molar-refractivity contribution in [2.45, 2.75) is 17.9 Å². The van der Waals surface area contributed by atoms with Gasteiger partial charge in [0.2, 0.25) is 0 Å². The fourth-order valence-corrected chi connectivity index (χ4v) is 3.63. The molecule has 124 valence electrons. The monoisotopic (exact) mass is 379 g/mol. The predicted octanol–water partition coefficient (Wildman–Crippen LogP) is 5.28. The Balaban J connectivity index is 1.40. The van der Waals surface area contributed by atoms with E-state index in [-0.39, 0.29) is 12.6 Å². The van der Waals surface area contributed by atoms with E-state index < -0.39 is 0 Å². The second kappa shape index (κ2) is 8.37. The van der Waals surface area contributed by atoms with Crippen LogP contribution in [0.5, 0.6) is 0 Å². The van der Waals surface area contributed by atoms with Gasteiger partial charge in [0.1, 0.15) is 6.61 Å². The summed E-state index contributed by atoms with van der Waals surface area (Å²) in [7, 11) is 0. The molecule has 0 fully saturated rings. The fourth-order valence-electron chi connectivity index (χ4n) is 1.90. The first-order valence-corrected chi connectivity index (χ1v) is 9.47. The van der Waals surface area contributed by atoms with Crippen LogP contribution in [0.15, 0.2) is 57.4 Å². The van der Waals surface area contributed by atoms with E-state index in [2.05, 4.69) is 4.98 Å². The van der Waals surface area contributed by atoms with Crippen molar-refractivity contribution in [2.24, 2.45) is 0 Å². The number of benzene rings is 1. The summed E-state index contributed by atoms with van der Waals surface area (Å²) in [6.07, 6.45) is 1.96. The number of ether oxygens (including phenoxy) is 1. The number of thiazole rings is 1. The van der Waals surface area contributed by atoms with Gasteiger partial charge in [0, 0.05) is 21.1 Å². The first-order chi connectivity index (χ1) is 11.7. The van der Waals surface area contributed by atoms with Gasteiger partial charge in [-0.25, -0.2) is 4.98 Å². The minimum atomic E-state index is -0.232. The van der Waals surface area contributed by atoms with Crippen LogP contribution in [0.3, 0.4) is 0 Å². The summed E-state index contributed by atoms with van der Waals surface area (Å²) >= 11 is 8.90. The maximum absolute atomic E-state index is 11.8. The molecule has 0 saturated heterocycles. The topological polar surface area (TPSA) is 52.3 Å². The standard InChI is InChI=1S/C17H14ClNO3S2/c18-12-3-5-14(6-4-12)23-9-7-16(20)22-10-13-11-24-17(19-13)15-2-1-8-21-15/h1-6,8,11H,7,9-10H2. The number of halogens is 1. The van der Waals surface area contributed by atoms with Gasteiger partial charge in [-0.15, -0.1) is 23.1 Å². The van der Waals surface area contributed by atoms with E-state index >= 15 is 0 Å². The highest BCUT2D eigenvalue weighted by Gasteiger charge is 2.09. The van der Waals surface area contributed by atoms with Crippen LogP contribution < -0.4 is 0 Å². The van der Waals surface area contributed by atoms with Crippen molar-refractivity contribution in [3.63, 3.8) is 0 Å². The highest BCUT2D eigenvalue weighted by molar-refractivity contribution is 7.99. The number of carbonyl (C=O) groups excluding carboxylic acids is 1. The van der Waals surface area contributed by atoms with E-state index in [1.807, 2.05) is 41.8 Å². The average molecular weight is 380 g/mol. The van der Waals surface area contributed by atoms with Crippen molar-refractivity contribution in [3.05, 3.63) is 58.8 Å². The lowest BCUT2D eigenvalue weighted by molar-refractivity contribution is -0.144. The van der Waals surface area contributed by atoms with Gasteiger partial charge in [-0.1, -0.05) is 11.6 Å². The third-order valence-electron chi connectivity index (χ3n) is 3.05. The van der Waals surface area contributed by atoms with E-state index in [0.29, 0.717) is 17.2 Å². The minimum Gasteiger partial charge on any atom is -0.462 e. The molecule has 0 saturated carbocycles. The van der Waals surface area contributed by atoms with Crippen LogP contribution in [0.1, 0.15) is 12.1 Å². The zero-order chi connectivity index (χ0) is 16.8. The molecule has 0 atom stereocenters. The van der Waals surface area contributed by atoms with Gasteiger partial charge < -0.3 is 9.15 Å². The van der Waals surface area contributed by atoms with Crippen LogP contribution in [0.25, 0.3) is 10.8 Å². The highest BCUT2D eigenvalue weighted by Crippen LogP contribution is 2.24. The summed E-state index contributed by atoms with van der Waals surface area (Å²) in [5.41, 5.74) is 0.727. The lowest BCUT2D eigenvalue weighted by Crippen LogP contribution is -2.05. The SMILES string of the molecule is O=C(CCSc1ccc(Cl)cc1)OCc1csc(-c2ccco2)n1. The van der Waals surface area contributed by atoms with Gasteiger partial charge in [0.15, 0.2) is 10.8 Å². The molecule has 0 bridgehead atoms. The molecule has 0 aliphatic rings. The van der Waals surface area contributed by atoms with Gasteiger partial charge in [-0.05, 0) is 36.4 Å². The van der Waals surface area contributed by atoms with Crippen LogP contribution >= 0.6 is 34.7 Å². The molecule has 1 aromatic carbocycles. The summed E-state index contributed by atoms with van der Waals surface area (Å²) in [5, 5.41) is 3.36. The normalized spacial score (nSPS) is 10.7. The molecule has 2 aromatic heterocycles. The molecule has 4 nitrogen and oxygen atoms in total. The fraction of sp³-hybridized carbons (Fsp3) is 0.176. The third kappa shape index (κ3) is 4.87. The smallest absolute Gasteiger partial charge is 0.307 e. The molecule has 0 spiro atoms. The first kappa shape index (κ1) is 17.1. The number of hydrogen-bond donors (Lipinski definition) is 0. The minimum absolute atomic E-state index is 0.182. The number of thioether (sulfide) groups is 1. The largest absolute Gasteiger partial charge is 0.462 e. The van der Waals surface area contributed by atoms with Crippen LogP contribution in [0.4, 0.5) is 0 Å². The van der Waals surface area contributed by atoms with Crippen molar-refractivity contribution in [1.29, 1.82) is 0 Å².